The largest absolute Gasteiger partial charge is 0.447 e. The van der Waals surface area contributed by atoms with Gasteiger partial charge in [0, 0.05) is 12.8 Å². The molecule has 148 valence electrons. The van der Waals surface area contributed by atoms with Crippen molar-refractivity contribution in [3.05, 3.63) is 0 Å². The van der Waals surface area contributed by atoms with Crippen LogP contribution in [0.1, 0.15) is 46.0 Å². The highest BCUT2D eigenvalue weighted by Gasteiger charge is 2.15. The van der Waals surface area contributed by atoms with Crippen molar-refractivity contribution in [1.29, 1.82) is 0 Å². The molecule has 0 radical (unpaired) electrons. The van der Waals surface area contributed by atoms with Crippen molar-refractivity contribution in [1.82, 2.24) is 0 Å². The molecule has 0 aliphatic heterocycles. The van der Waals surface area contributed by atoms with Gasteiger partial charge in [-0.1, -0.05) is 6.42 Å². The summed E-state index contributed by atoms with van der Waals surface area (Å²) in [5, 5.41) is 0. The summed E-state index contributed by atoms with van der Waals surface area (Å²) in [5.41, 5.74) is 0. The minimum atomic E-state index is -3.86. The molecule has 0 spiro atoms. The Balaban J connectivity index is 3.78. The Hall–Kier alpha value is -1.24. The van der Waals surface area contributed by atoms with Crippen LogP contribution in [0, 0.1) is 0 Å². The van der Waals surface area contributed by atoms with Crippen LogP contribution in [0.5, 0.6) is 0 Å². The van der Waals surface area contributed by atoms with Gasteiger partial charge in [-0.3, -0.25) is 18.0 Å². The van der Waals surface area contributed by atoms with E-state index in [0.717, 1.165) is 0 Å². The van der Waals surface area contributed by atoms with Crippen LogP contribution >= 0.6 is 0 Å². The molecule has 0 saturated carbocycles. The summed E-state index contributed by atoms with van der Waals surface area (Å²) in [5.74, 6) is -3.04. The van der Waals surface area contributed by atoms with Crippen molar-refractivity contribution in [3.8, 4) is 0 Å². The van der Waals surface area contributed by atoms with E-state index in [1.165, 1.54) is 13.8 Å². The SMILES string of the molecule is CCOS(=O)(=O)COC(=O)CCCCCC(=O)OCS(=O)(=O)OCC. The van der Waals surface area contributed by atoms with E-state index in [9.17, 15) is 26.4 Å². The highest BCUT2D eigenvalue weighted by atomic mass is 32.2. The molecule has 0 aliphatic rings. The number of rotatable bonds is 14. The lowest BCUT2D eigenvalue weighted by Crippen LogP contribution is -2.17. The minimum Gasteiger partial charge on any atom is -0.447 e. The van der Waals surface area contributed by atoms with Gasteiger partial charge in [-0.25, -0.2) is 0 Å². The molecule has 0 atom stereocenters. The van der Waals surface area contributed by atoms with Gasteiger partial charge in [-0.05, 0) is 26.7 Å². The van der Waals surface area contributed by atoms with Crippen molar-refractivity contribution in [2.24, 2.45) is 0 Å². The first-order valence-corrected chi connectivity index (χ1v) is 10.8. The van der Waals surface area contributed by atoms with E-state index in [2.05, 4.69) is 17.8 Å². The molecule has 0 heterocycles. The first kappa shape index (κ1) is 23.8. The van der Waals surface area contributed by atoms with Crippen LogP contribution in [-0.4, -0.2) is 53.9 Å². The summed E-state index contributed by atoms with van der Waals surface area (Å²) in [7, 11) is -7.72. The molecule has 0 saturated heterocycles. The molecule has 0 aromatic rings. The predicted octanol–water partition coefficient (Wildman–Crippen LogP) is 0.671. The number of carbonyl (C=O) groups excluding carboxylic acids is 2. The van der Waals surface area contributed by atoms with E-state index >= 15 is 0 Å². The fraction of sp³-hybridized carbons (Fsp3) is 0.846. The van der Waals surface area contributed by atoms with Gasteiger partial charge < -0.3 is 9.47 Å². The lowest BCUT2D eigenvalue weighted by atomic mass is 10.1. The van der Waals surface area contributed by atoms with Gasteiger partial charge in [0.2, 0.25) is 11.9 Å². The van der Waals surface area contributed by atoms with Crippen LogP contribution in [0.4, 0.5) is 0 Å². The Morgan fingerprint density at radius 1 is 0.680 bits per heavy atom. The zero-order valence-corrected chi connectivity index (χ0v) is 15.9. The molecule has 0 bridgehead atoms. The molecule has 0 amide bonds. The van der Waals surface area contributed by atoms with Crippen LogP contribution in [-0.2, 0) is 47.7 Å². The van der Waals surface area contributed by atoms with E-state index in [1.807, 2.05) is 0 Å². The Morgan fingerprint density at radius 2 is 1.04 bits per heavy atom. The lowest BCUT2D eigenvalue weighted by molar-refractivity contribution is -0.142. The number of carbonyl (C=O) groups is 2. The van der Waals surface area contributed by atoms with E-state index in [1.54, 1.807) is 0 Å². The van der Waals surface area contributed by atoms with E-state index in [-0.39, 0.29) is 26.1 Å². The van der Waals surface area contributed by atoms with Crippen molar-refractivity contribution >= 4 is 32.2 Å². The van der Waals surface area contributed by atoms with E-state index in [0.29, 0.717) is 19.3 Å². The summed E-state index contributed by atoms with van der Waals surface area (Å²) in [6, 6.07) is 0. The number of ether oxygens (including phenoxy) is 2. The van der Waals surface area contributed by atoms with Crippen molar-refractivity contribution in [2.45, 2.75) is 46.0 Å². The van der Waals surface area contributed by atoms with Crippen molar-refractivity contribution in [3.63, 3.8) is 0 Å². The highest BCUT2D eigenvalue weighted by molar-refractivity contribution is 7.86. The molecular weight excluding hydrogens is 380 g/mol. The van der Waals surface area contributed by atoms with Crippen LogP contribution in [0.25, 0.3) is 0 Å². The number of hydrogen-bond acceptors (Lipinski definition) is 10. The third-order valence-corrected chi connectivity index (χ3v) is 4.59. The molecule has 0 rings (SSSR count). The second-order valence-corrected chi connectivity index (χ2v) is 7.93. The molecule has 0 aromatic carbocycles. The first-order valence-electron chi connectivity index (χ1n) is 7.67. The maximum atomic E-state index is 11.4. The van der Waals surface area contributed by atoms with Crippen LogP contribution in [0.2, 0.25) is 0 Å². The van der Waals surface area contributed by atoms with Crippen LogP contribution in [0.3, 0.4) is 0 Å². The maximum Gasteiger partial charge on any atom is 0.306 e. The summed E-state index contributed by atoms with van der Waals surface area (Å²) in [4.78, 5) is 22.7. The quantitative estimate of drug-likeness (QED) is 0.230. The Morgan fingerprint density at radius 3 is 1.36 bits per heavy atom. The number of unbranched alkanes of at least 4 members (excludes halogenated alkanes) is 2. The van der Waals surface area contributed by atoms with Gasteiger partial charge in [0.1, 0.15) is 0 Å². The second kappa shape index (κ2) is 12.2. The van der Waals surface area contributed by atoms with Crippen molar-refractivity contribution < 1.29 is 44.3 Å². The topological polar surface area (TPSA) is 139 Å². The summed E-state index contributed by atoms with van der Waals surface area (Å²) < 4.78 is 62.6. The van der Waals surface area contributed by atoms with Gasteiger partial charge in [0.25, 0.3) is 0 Å². The maximum absolute atomic E-state index is 11.4. The van der Waals surface area contributed by atoms with Gasteiger partial charge in [-0.2, -0.15) is 16.8 Å². The molecule has 25 heavy (non-hydrogen) atoms. The zero-order valence-electron chi connectivity index (χ0n) is 14.3. The Labute approximate surface area is 148 Å². The van der Waals surface area contributed by atoms with Gasteiger partial charge in [-0.15, -0.1) is 0 Å². The van der Waals surface area contributed by atoms with Gasteiger partial charge >= 0.3 is 32.2 Å². The average molecular weight is 404 g/mol. The smallest absolute Gasteiger partial charge is 0.306 e. The molecule has 10 nitrogen and oxygen atoms in total. The summed E-state index contributed by atoms with van der Waals surface area (Å²) in [6.07, 6.45) is 1.25. The Kier molecular flexibility index (Phi) is 11.6. The van der Waals surface area contributed by atoms with E-state index < -0.39 is 44.1 Å². The fourth-order valence-electron chi connectivity index (χ4n) is 1.56. The molecule has 0 unspecified atom stereocenters. The molecule has 12 heteroatoms. The average Bonchev–Trinajstić information content (AvgIpc) is 2.51. The second-order valence-electron chi connectivity index (χ2n) is 4.76. The lowest BCUT2D eigenvalue weighted by Gasteiger charge is -2.06. The highest BCUT2D eigenvalue weighted by Crippen LogP contribution is 2.07. The first-order chi connectivity index (χ1) is 11.6. The molecule has 0 aromatic heterocycles. The predicted molar refractivity (Wildman–Crippen MR) is 86.1 cm³/mol. The molecular formula is C13H24O10S2. The van der Waals surface area contributed by atoms with Crippen molar-refractivity contribution in [2.75, 3.05) is 25.1 Å². The fourth-order valence-corrected chi connectivity index (χ4v) is 2.97. The minimum absolute atomic E-state index is 0.00455. The summed E-state index contributed by atoms with van der Waals surface area (Å²) in [6.45, 7) is 2.91. The molecule has 0 N–H and O–H groups in total. The van der Waals surface area contributed by atoms with Gasteiger partial charge in [0.05, 0.1) is 13.2 Å². The van der Waals surface area contributed by atoms with Gasteiger partial charge in [0.15, 0.2) is 0 Å². The monoisotopic (exact) mass is 404 g/mol. The third kappa shape index (κ3) is 13.7. The molecule has 0 aliphatic carbocycles. The standard InChI is InChI=1S/C13H24O10S2/c1-3-22-24(16,17)10-20-12(14)8-6-5-7-9-13(15)21-11-25(18,19)23-4-2/h3-11H2,1-2H3. The molecule has 0 fully saturated rings. The third-order valence-electron chi connectivity index (χ3n) is 2.59. The number of hydrogen-bond donors (Lipinski definition) is 0. The zero-order chi connectivity index (χ0) is 19.3. The van der Waals surface area contributed by atoms with Crippen LogP contribution in [0.15, 0.2) is 0 Å². The number of esters is 2. The normalized spacial score (nSPS) is 11.9. The van der Waals surface area contributed by atoms with E-state index in [4.69, 9.17) is 0 Å². The van der Waals surface area contributed by atoms with Crippen LogP contribution < -0.4 is 0 Å². The Bertz CT molecular complexity index is 555. The summed E-state index contributed by atoms with van der Waals surface area (Å²) >= 11 is 0.